The van der Waals surface area contributed by atoms with Crippen molar-refractivity contribution in [3.8, 4) is 11.8 Å². The summed E-state index contributed by atoms with van der Waals surface area (Å²) in [5, 5.41) is 11.9. The molecule has 1 aliphatic rings. The molecule has 3 rings (SSSR count). The Hall–Kier alpha value is -2.42. The van der Waals surface area contributed by atoms with E-state index in [1.54, 1.807) is 35.4 Å². The predicted octanol–water partition coefficient (Wildman–Crippen LogP) is 2.30. The van der Waals surface area contributed by atoms with Crippen LogP contribution in [0.25, 0.3) is 5.69 Å². The minimum Gasteiger partial charge on any atom is -0.354 e. The third-order valence-electron chi connectivity index (χ3n) is 3.49. The molecule has 0 amide bonds. The van der Waals surface area contributed by atoms with Gasteiger partial charge in [-0.25, -0.2) is 14.4 Å². The zero-order valence-corrected chi connectivity index (χ0v) is 10.8. The van der Waals surface area contributed by atoms with Crippen LogP contribution >= 0.6 is 0 Å². The molecule has 1 aliphatic carbocycles. The molecule has 0 unspecified atom stereocenters. The summed E-state index contributed by atoms with van der Waals surface area (Å²) in [6, 6.07) is 3.81. The van der Waals surface area contributed by atoms with Gasteiger partial charge in [-0.05, 0) is 24.8 Å². The summed E-state index contributed by atoms with van der Waals surface area (Å²) in [5.74, 6) is 0.930. The molecular weight excluding hydrogens is 257 g/mol. The number of nitriles is 1. The van der Waals surface area contributed by atoms with Crippen molar-refractivity contribution in [3.05, 3.63) is 36.4 Å². The van der Waals surface area contributed by atoms with Gasteiger partial charge in [0.2, 0.25) is 5.95 Å². The second-order valence-corrected chi connectivity index (χ2v) is 5.00. The molecule has 0 saturated heterocycles. The topological polar surface area (TPSA) is 66.5 Å². The van der Waals surface area contributed by atoms with E-state index in [1.807, 2.05) is 0 Å². The lowest BCUT2D eigenvalue weighted by Crippen LogP contribution is -2.30. The van der Waals surface area contributed by atoms with Crippen LogP contribution in [0.2, 0.25) is 0 Å². The maximum atomic E-state index is 12.7. The lowest BCUT2D eigenvalue weighted by molar-refractivity contribution is 0.140. The number of alkyl halides is 1. The maximum absolute atomic E-state index is 12.7. The number of nitrogens with zero attached hydrogens (tertiary/aromatic N) is 4. The molecule has 0 atom stereocenters. The van der Waals surface area contributed by atoms with Gasteiger partial charge < -0.3 is 9.88 Å². The maximum Gasteiger partial charge on any atom is 0.222 e. The largest absolute Gasteiger partial charge is 0.354 e. The first-order valence-electron chi connectivity index (χ1n) is 6.53. The van der Waals surface area contributed by atoms with E-state index in [0.29, 0.717) is 36.8 Å². The van der Waals surface area contributed by atoms with E-state index in [-0.39, 0.29) is 0 Å². The van der Waals surface area contributed by atoms with Crippen molar-refractivity contribution in [3.63, 3.8) is 0 Å². The Balaban J connectivity index is 1.61. The third kappa shape index (κ3) is 2.62. The molecule has 0 aromatic carbocycles. The van der Waals surface area contributed by atoms with Crippen LogP contribution in [0.5, 0.6) is 0 Å². The molecule has 0 aliphatic heterocycles. The van der Waals surface area contributed by atoms with Crippen LogP contribution in [0.15, 0.2) is 30.9 Å². The minimum atomic E-state index is -0.631. The fourth-order valence-electron chi connectivity index (χ4n) is 2.23. The van der Waals surface area contributed by atoms with Gasteiger partial charge in [-0.1, -0.05) is 0 Å². The van der Waals surface area contributed by atoms with E-state index in [1.165, 1.54) is 0 Å². The number of rotatable bonds is 4. The van der Waals surface area contributed by atoms with Gasteiger partial charge in [0, 0.05) is 18.9 Å². The normalized spacial score (nSPS) is 21.0. The van der Waals surface area contributed by atoms with Gasteiger partial charge in [0.15, 0.2) is 0 Å². The Morgan fingerprint density at radius 1 is 1.40 bits per heavy atom. The second kappa shape index (κ2) is 5.29. The molecule has 0 bridgehead atoms. The fraction of sp³-hybridized carbons (Fsp3) is 0.357. The first kappa shape index (κ1) is 12.6. The molecule has 6 heteroatoms. The Labute approximate surface area is 116 Å². The first-order valence-corrected chi connectivity index (χ1v) is 6.53. The molecular formula is C14H14FN5. The average Bonchev–Trinajstić information content (AvgIpc) is 2.92. The van der Waals surface area contributed by atoms with E-state index >= 15 is 0 Å². The molecule has 1 saturated carbocycles. The smallest absolute Gasteiger partial charge is 0.222 e. The van der Waals surface area contributed by atoms with Gasteiger partial charge in [-0.15, -0.1) is 0 Å². The summed E-state index contributed by atoms with van der Waals surface area (Å²) in [7, 11) is 0. The van der Waals surface area contributed by atoms with Crippen LogP contribution in [0.1, 0.15) is 18.4 Å². The van der Waals surface area contributed by atoms with Crippen LogP contribution in [-0.2, 0) is 0 Å². The molecule has 1 fully saturated rings. The Morgan fingerprint density at radius 2 is 2.15 bits per heavy atom. The van der Waals surface area contributed by atoms with E-state index in [4.69, 9.17) is 5.26 Å². The Kier molecular flexibility index (Phi) is 3.33. The van der Waals surface area contributed by atoms with Crippen molar-refractivity contribution in [2.75, 3.05) is 11.9 Å². The van der Waals surface area contributed by atoms with Gasteiger partial charge in [0.25, 0.3) is 0 Å². The van der Waals surface area contributed by atoms with E-state index in [2.05, 4.69) is 21.4 Å². The molecule has 5 nitrogen and oxygen atoms in total. The minimum absolute atomic E-state index is 0.385. The Bertz CT molecular complexity index is 622. The quantitative estimate of drug-likeness (QED) is 0.926. The number of hydrogen-bond donors (Lipinski definition) is 1. The fourth-order valence-corrected chi connectivity index (χ4v) is 2.23. The van der Waals surface area contributed by atoms with Gasteiger partial charge >= 0.3 is 0 Å². The van der Waals surface area contributed by atoms with Crippen molar-refractivity contribution in [2.45, 2.75) is 19.0 Å². The van der Waals surface area contributed by atoms with Crippen LogP contribution < -0.4 is 5.32 Å². The summed E-state index contributed by atoms with van der Waals surface area (Å²) >= 11 is 0. The predicted molar refractivity (Wildman–Crippen MR) is 72.2 cm³/mol. The summed E-state index contributed by atoms with van der Waals surface area (Å²) in [4.78, 5) is 8.44. The first-order chi connectivity index (χ1) is 9.74. The molecule has 0 spiro atoms. The molecule has 2 aromatic rings. The number of anilines is 1. The van der Waals surface area contributed by atoms with Gasteiger partial charge in [0.1, 0.15) is 12.2 Å². The van der Waals surface area contributed by atoms with Crippen LogP contribution in [0.3, 0.4) is 0 Å². The summed E-state index contributed by atoms with van der Waals surface area (Å²) in [5.41, 5.74) is 1.39. The number of nitrogens with one attached hydrogen (secondary N) is 1. The highest BCUT2D eigenvalue weighted by molar-refractivity contribution is 5.36. The van der Waals surface area contributed by atoms with Crippen LogP contribution in [0, 0.1) is 17.2 Å². The molecule has 2 aromatic heterocycles. The standard InChI is InChI=1S/C14H14FN5/c15-12-3-11(4-12)6-17-14-18-7-13(8-19-14)20-2-1-10(5-16)9-20/h1-2,7-9,11-12H,3-4,6H2,(H,17,18,19). The van der Waals surface area contributed by atoms with E-state index < -0.39 is 6.17 Å². The monoisotopic (exact) mass is 271 g/mol. The number of hydrogen-bond acceptors (Lipinski definition) is 4. The van der Waals surface area contributed by atoms with Crippen LogP contribution in [0.4, 0.5) is 10.3 Å². The molecule has 0 radical (unpaired) electrons. The van der Waals surface area contributed by atoms with Crippen molar-refractivity contribution in [1.29, 1.82) is 5.26 Å². The highest BCUT2D eigenvalue weighted by Crippen LogP contribution is 2.29. The third-order valence-corrected chi connectivity index (χ3v) is 3.49. The zero-order valence-electron chi connectivity index (χ0n) is 10.8. The van der Waals surface area contributed by atoms with E-state index in [0.717, 1.165) is 5.69 Å². The van der Waals surface area contributed by atoms with E-state index in [9.17, 15) is 4.39 Å². The Morgan fingerprint density at radius 3 is 2.75 bits per heavy atom. The average molecular weight is 271 g/mol. The summed E-state index contributed by atoms with van der Waals surface area (Å²) < 4.78 is 14.5. The molecule has 20 heavy (non-hydrogen) atoms. The highest BCUT2D eigenvalue weighted by Gasteiger charge is 2.28. The lowest BCUT2D eigenvalue weighted by atomic mass is 9.83. The van der Waals surface area contributed by atoms with Gasteiger partial charge in [-0.3, -0.25) is 0 Å². The number of aromatic nitrogens is 3. The van der Waals surface area contributed by atoms with Crippen molar-refractivity contribution < 1.29 is 4.39 Å². The molecule has 2 heterocycles. The van der Waals surface area contributed by atoms with Gasteiger partial charge in [-0.2, -0.15) is 5.26 Å². The zero-order chi connectivity index (χ0) is 13.9. The van der Waals surface area contributed by atoms with Crippen molar-refractivity contribution in [1.82, 2.24) is 14.5 Å². The SMILES string of the molecule is N#Cc1ccn(-c2cnc(NCC3CC(F)C3)nc2)c1. The highest BCUT2D eigenvalue weighted by atomic mass is 19.1. The molecule has 1 N–H and O–H groups in total. The molecule has 102 valence electrons. The van der Waals surface area contributed by atoms with Crippen LogP contribution in [-0.4, -0.2) is 27.3 Å². The second-order valence-electron chi connectivity index (χ2n) is 5.00. The summed E-state index contributed by atoms with van der Waals surface area (Å²) in [6.45, 7) is 0.710. The number of halogens is 1. The van der Waals surface area contributed by atoms with Crippen molar-refractivity contribution in [2.24, 2.45) is 5.92 Å². The lowest BCUT2D eigenvalue weighted by Gasteiger charge is -2.29. The van der Waals surface area contributed by atoms with Crippen molar-refractivity contribution >= 4 is 5.95 Å². The summed E-state index contributed by atoms with van der Waals surface area (Å²) in [6.07, 6.45) is 7.52. The van der Waals surface area contributed by atoms with Gasteiger partial charge in [0.05, 0.1) is 23.6 Å².